The van der Waals surface area contributed by atoms with Crippen molar-refractivity contribution in [2.45, 2.75) is 6.42 Å². The summed E-state index contributed by atoms with van der Waals surface area (Å²) in [6, 6.07) is 13.9. The average molecular weight is 396 g/mol. The highest BCUT2D eigenvalue weighted by atomic mass is 16.3. The minimum atomic E-state index is -0.259. The van der Waals surface area contributed by atoms with E-state index in [1.165, 1.54) is 0 Å². The third kappa shape index (κ3) is 4.20. The number of hydrogen-bond donors (Lipinski definition) is 3. The molecule has 7 heteroatoms. The molecule has 0 radical (unpaired) electrons. The van der Waals surface area contributed by atoms with Crippen LogP contribution in [0.1, 0.15) is 26.8 Å². The lowest BCUT2D eigenvalue weighted by molar-refractivity contribution is 0.103. The molecule has 3 heterocycles. The van der Waals surface area contributed by atoms with Gasteiger partial charge in [0.1, 0.15) is 23.1 Å². The molecule has 4 rings (SSSR count). The van der Waals surface area contributed by atoms with Crippen LogP contribution in [-0.2, 0) is 0 Å². The van der Waals surface area contributed by atoms with E-state index in [2.05, 4.69) is 20.2 Å². The molecule has 4 N–H and O–H groups in total. The Kier molecular flexibility index (Phi) is 5.39. The third-order valence-electron chi connectivity index (χ3n) is 4.99. The number of aromatic hydroxyl groups is 1. The lowest BCUT2D eigenvalue weighted by Gasteiger charge is -2.21. The van der Waals surface area contributed by atoms with Gasteiger partial charge in [-0.25, -0.2) is 9.97 Å². The summed E-state index contributed by atoms with van der Waals surface area (Å²) < 4.78 is 0. The lowest BCUT2D eigenvalue weighted by atomic mass is 10.0. The van der Waals surface area contributed by atoms with E-state index in [0.29, 0.717) is 11.3 Å². The number of carbonyl (C=O) groups is 1. The number of hydrogen-bond acceptors (Lipinski definition) is 7. The van der Waals surface area contributed by atoms with Gasteiger partial charge in [-0.1, -0.05) is 18.2 Å². The molecule has 0 spiro atoms. The van der Waals surface area contributed by atoms with Crippen molar-refractivity contribution in [1.29, 1.82) is 0 Å². The molecular weight excluding hydrogens is 366 g/mol. The van der Waals surface area contributed by atoms with Gasteiger partial charge in [-0.15, -0.1) is 0 Å². The van der Waals surface area contributed by atoms with Crippen LogP contribution in [0.3, 0.4) is 0 Å². The summed E-state index contributed by atoms with van der Waals surface area (Å²) in [5.41, 5.74) is 8.26. The summed E-state index contributed by atoms with van der Waals surface area (Å²) in [6.45, 7) is 3.63. The fourth-order valence-corrected chi connectivity index (χ4v) is 3.41. The molecule has 29 heavy (non-hydrogen) atoms. The number of rotatable bonds is 4. The van der Waals surface area contributed by atoms with Crippen LogP contribution >= 0.6 is 0 Å². The second kappa shape index (κ2) is 8.28. The number of ketones is 1. The molecular formula is C22H29N5O2. The molecule has 1 aliphatic rings. The Bertz CT molecular complexity index is 1030. The number of nitrogens with two attached hydrogens (primary N) is 1. The van der Waals surface area contributed by atoms with E-state index in [-0.39, 0.29) is 21.6 Å². The van der Waals surface area contributed by atoms with Crippen LogP contribution in [0.2, 0.25) is 0 Å². The van der Waals surface area contributed by atoms with Crippen LogP contribution in [0.4, 0.5) is 11.6 Å². The molecule has 154 valence electrons. The van der Waals surface area contributed by atoms with Crippen molar-refractivity contribution in [2.24, 2.45) is 0 Å². The van der Waals surface area contributed by atoms with Crippen LogP contribution in [0.15, 0.2) is 54.7 Å². The van der Waals surface area contributed by atoms with E-state index >= 15 is 0 Å². The zero-order chi connectivity index (χ0) is 20.2. The number of nitrogens with zero attached hydrogens (tertiary/aromatic N) is 3. The molecule has 0 saturated carbocycles. The van der Waals surface area contributed by atoms with Crippen molar-refractivity contribution in [3.8, 4) is 16.9 Å². The van der Waals surface area contributed by atoms with Crippen molar-refractivity contribution in [3.63, 3.8) is 0 Å². The van der Waals surface area contributed by atoms with E-state index in [1.807, 2.05) is 12.1 Å². The Labute approximate surface area is 173 Å². The molecule has 1 saturated heterocycles. The Morgan fingerprint density at radius 1 is 1.10 bits per heavy atom. The van der Waals surface area contributed by atoms with Gasteiger partial charge in [-0.05, 0) is 48.9 Å². The van der Waals surface area contributed by atoms with E-state index in [0.717, 1.165) is 49.5 Å². The zero-order valence-corrected chi connectivity index (χ0v) is 16.0. The Morgan fingerprint density at radius 3 is 2.76 bits per heavy atom. The van der Waals surface area contributed by atoms with Gasteiger partial charge < -0.3 is 21.1 Å². The summed E-state index contributed by atoms with van der Waals surface area (Å²) in [6.07, 6.45) is 2.65. The van der Waals surface area contributed by atoms with E-state index in [9.17, 15) is 9.90 Å². The number of benzene rings is 1. The maximum Gasteiger partial charge on any atom is 0.215 e. The first-order chi connectivity index (χ1) is 14.1. The number of anilines is 2. The quantitative estimate of drug-likeness (QED) is 0.583. The molecule has 1 fully saturated rings. The van der Waals surface area contributed by atoms with Gasteiger partial charge in [0.15, 0.2) is 0 Å². The Hall–Kier alpha value is -3.45. The van der Waals surface area contributed by atoms with Gasteiger partial charge >= 0.3 is 0 Å². The first-order valence-corrected chi connectivity index (χ1v) is 9.64. The molecule has 0 atom stereocenters. The summed E-state index contributed by atoms with van der Waals surface area (Å²) in [5, 5.41) is 12.9. The van der Waals surface area contributed by atoms with Crippen molar-refractivity contribution in [2.75, 3.05) is 36.8 Å². The second-order valence-corrected chi connectivity index (χ2v) is 7.00. The summed E-state index contributed by atoms with van der Waals surface area (Å²) in [4.78, 5) is 24.1. The zero-order valence-electron chi connectivity index (χ0n) is 16.0. The maximum atomic E-state index is 13.2. The number of nitrogen functional groups attached to an aromatic ring is 1. The monoisotopic (exact) mass is 395 g/mol. The average Bonchev–Trinajstić information content (AvgIpc) is 3.04. The maximum absolute atomic E-state index is 13.2. The van der Waals surface area contributed by atoms with Crippen molar-refractivity contribution < 1.29 is 14.2 Å². The van der Waals surface area contributed by atoms with Gasteiger partial charge in [0.05, 0.1) is 5.56 Å². The first-order valence-electron chi connectivity index (χ1n) is 9.64. The largest absolute Gasteiger partial charge is 0.508 e. The molecule has 7 nitrogen and oxygen atoms in total. The third-order valence-corrected chi connectivity index (χ3v) is 4.99. The predicted octanol–water partition coefficient (Wildman–Crippen LogP) is 3.20. The highest BCUT2D eigenvalue weighted by molar-refractivity contribution is 6.11. The van der Waals surface area contributed by atoms with Gasteiger partial charge in [0.2, 0.25) is 5.78 Å². The standard InChI is InChI=1S/C22H23N5O2.3H2/c23-22-18(13-16(14-25-22)15-5-7-17(28)8-6-15)21(29)19-3-1-4-20(26-19)27-11-2-9-24-10-12-27;;;/h1,3-8,13-14,24,28H,2,9-12H2,(H2,23,25);3*1H. The predicted molar refractivity (Wildman–Crippen MR) is 119 cm³/mol. The highest BCUT2D eigenvalue weighted by Crippen LogP contribution is 2.25. The Morgan fingerprint density at radius 2 is 1.93 bits per heavy atom. The number of phenols is 1. The van der Waals surface area contributed by atoms with E-state index < -0.39 is 0 Å². The molecule has 2 aromatic heterocycles. The highest BCUT2D eigenvalue weighted by Gasteiger charge is 2.18. The van der Waals surface area contributed by atoms with Crippen LogP contribution in [0, 0.1) is 0 Å². The van der Waals surface area contributed by atoms with Crippen LogP contribution in [-0.4, -0.2) is 47.0 Å². The molecule has 0 unspecified atom stereocenters. The van der Waals surface area contributed by atoms with Crippen molar-refractivity contribution in [3.05, 3.63) is 66.0 Å². The second-order valence-electron chi connectivity index (χ2n) is 7.00. The smallest absolute Gasteiger partial charge is 0.215 e. The number of carbonyl (C=O) groups excluding carboxylic acids is 1. The molecule has 3 aromatic rings. The van der Waals surface area contributed by atoms with E-state index in [1.54, 1.807) is 42.6 Å². The number of nitrogens with one attached hydrogen (secondary N) is 1. The Balaban J connectivity index is 0.00000171. The minimum Gasteiger partial charge on any atom is -0.508 e. The number of phenolic OH excluding ortho intramolecular Hbond substituents is 1. The number of pyridine rings is 2. The normalized spacial score (nSPS) is 14.4. The molecule has 0 amide bonds. The van der Waals surface area contributed by atoms with Crippen LogP contribution < -0.4 is 16.0 Å². The SMILES string of the molecule is Nc1ncc(-c2ccc(O)cc2)cc1C(=O)c1cccc(N2CCCNCC2)n1.[HH].[HH].[HH]. The van der Waals surface area contributed by atoms with Gasteiger partial charge in [-0.2, -0.15) is 0 Å². The summed E-state index contributed by atoms with van der Waals surface area (Å²) in [5.74, 6) is 0.882. The minimum absolute atomic E-state index is 0. The van der Waals surface area contributed by atoms with Crippen molar-refractivity contribution >= 4 is 17.4 Å². The van der Waals surface area contributed by atoms with Crippen LogP contribution in [0.5, 0.6) is 5.75 Å². The van der Waals surface area contributed by atoms with Crippen molar-refractivity contribution in [1.82, 2.24) is 15.3 Å². The molecule has 0 aliphatic carbocycles. The van der Waals surface area contributed by atoms with Gasteiger partial charge in [0, 0.05) is 35.7 Å². The van der Waals surface area contributed by atoms with Crippen LogP contribution in [0.25, 0.3) is 11.1 Å². The molecule has 1 aliphatic heterocycles. The summed E-state index contributed by atoms with van der Waals surface area (Å²) in [7, 11) is 0. The fourth-order valence-electron chi connectivity index (χ4n) is 3.41. The fraction of sp³-hybridized carbons (Fsp3) is 0.227. The van der Waals surface area contributed by atoms with Gasteiger partial charge in [-0.3, -0.25) is 4.79 Å². The topological polar surface area (TPSA) is 104 Å². The molecule has 0 bridgehead atoms. The van der Waals surface area contributed by atoms with E-state index in [4.69, 9.17) is 5.73 Å². The number of aromatic nitrogens is 2. The van der Waals surface area contributed by atoms with Gasteiger partial charge in [0.25, 0.3) is 0 Å². The first kappa shape index (κ1) is 18.9. The molecule has 1 aromatic carbocycles. The summed E-state index contributed by atoms with van der Waals surface area (Å²) >= 11 is 0. The lowest BCUT2D eigenvalue weighted by Crippen LogP contribution is -2.29.